The van der Waals surface area contributed by atoms with E-state index in [0.29, 0.717) is 28.0 Å². The maximum absolute atomic E-state index is 14.5. The Morgan fingerprint density at radius 1 is 1.10 bits per heavy atom. The van der Waals surface area contributed by atoms with E-state index in [0.717, 1.165) is 34.2 Å². The molecule has 0 amide bonds. The van der Waals surface area contributed by atoms with Gasteiger partial charge in [-0.25, -0.2) is 14.2 Å². The van der Waals surface area contributed by atoms with E-state index in [1.54, 1.807) is 0 Å². The number of hydrogen-bond acceptors (Lipinski definition) is 6. The number of anilines is 2. The van der Waals surface area contributed by atoms with Gasteiger partial charge in [0, 0.05) is 21.4 Å². The summed E-state index contributed by atoms with van der Waals surface area (Å²) in [6, 6.07) is 15.4. The second-order valence-corrected chi connectivity index (χ2v) is 9.40. The first-order valence-corrected chi connectivity index (χ1v) is 11.3. The number of rotatable bonds is 6. The van der Waals surface area contributed by atoms with Crippen LogP contribution in [0.4, 0.5) is 15.2 Å². The highest BCUT2D eigenvalue weighted by atomic mass is 32.1. The number of carbonyl (C=O) groups is 1. The topological polar surface area (TPSA) is 82.5 Å². The van der Waals surface area contributed by atoms with E-state index in [2.05, 4.69) is 10.3 Å². The van der Waals surface area contributed by atoms with E-state index in [-0.39, 0.29) is 10.6 Å². The zero-order chi connectivity index (χ0) is 21.5. The predicted molar refractivity (Wildman–Crippen MR) is 121 cm³/mol. The van der Waals surface area contributed by atoms with Gasteiger partial charge in [-0.15, -0.1) is 22.7 Å². The molecule has 0 atom stereocenters. The fourth-order valence-corrected chi connectivity index (χ4v) is 5.52. The van der Waals surface area contributed by atoms with Crippen LogP contribution in [0, 0.1) is 5.82 Å². The molecule has 1 aliphatic carbocycles. The molecule has 0 saturated heterocycles. The van der Waals surface area contributed by atoms with Crippen LogP contribution in [0.15, 0.2) is 54.6 Å². The van der Waals surface area contributed by atoms with E-state index in [1.807, 2.05) is 36.4 Å². The molecule has 2 aromatic carbocycles. The molecule has 4 aromatic rings. The number of aromatic hydroxyl groups is 1. The smallest absolute Gasteiger partial charge is 0.348 e. The van der Waals surface area contributed by atoms with Gasteiger partial charge in [-0.2, -0.15) is 0 Å². The lowest BCUT2D eigenvalue weighted by Gasteiger charge is -2.03. The molecule has 1 aliphatic rings. The van der Waals surface area contributed by atoms with Crippen LogP contribution in [0.1, 0.15) is 33.3 Å². The summed E-state index contributed by atoms with van der Waals surface area (Å²) < 4.78 is 14.5. The van der Waals surface area contributed by atoms with Gasteiger partial charge in [0.2, 0.25) is 0 Å². The summed E-state index contributed by atoms with van der Waals surface area (Å²) in [5.41, 5.74) is 2.28. The van der Waals surface area contributed by atoms with Crippen LogP contribution >= 0.6 is 22.7 Å². The molecule has 31 heavy (non-hydrogen) atoms. The van der Waals surface area contributed by atoms with Gasteiger partial charge in [-0.05, 0) is 42.5 Å². The summed E-state index contributed by atoms with van der Waals surface area (Å²) >= 11 is 2.62. The predicted octanol–water partition coefficient (Wildman–Crippen LogP) is 6.70. The summed E-state index contributed by atoms with van der Waals surface area (Å²) in [6.45, 7) is 0. The number of halogens is 1. The third-order valence-corrected chi connectivity index (χ3v) is 7.34. The minimum Gasteiger partial charge on any atom is -0.508 e. The maximum atomic E-state index is 14.5. The third kappa shape index (κ3) is 3.92. The fourth-order valence-electron chi connectivity index (χ4n) is 3.40. The molecule has 0 spiro atoms. The van der Waals surface area contributed by atoms with Gasteiger partial charge in [0.25, 0.3) is 0 Å². The Kier molecular flexibility index (Phi) is 4.95. The number of phenols is 1. The van der Waals surface area contributed by atoms with E-state index in [4.69, 9.17) is 0 Å². The average Bonchev–Trinajstić information content (AvgIpc) is 3.38. The number of carboxylic acids is 1. The molecule has 156 valence electrons. The van der Waals surface area contributed by atoms with E-state index in [9.17, 15) is 19.4 Å². The summed E-state index contributed by atoms with van der Waals surface area (Å²) in [6.07, 6.45) is 2.04. The number of thiophene rings is 1. The van der Waals surface area contributed by atoms with Gasteiger partial charge in [0.1, 0.15) is 16.4 Å². The molecule has 8 heteroatoms. The van der Waals surface area contributed by atoms with Crippen LogP contribution in [0.2, 0.25) is 0 Å². The van der Waals surface area contributed by atoms with Gasteiger partial charge in [0.05, 0.1) is 11.4 Å². The molecular weight excluding hydrogens is 435 g/mol. The van der Waals surface area contributed by atoms with Crippen molar-refractivity contribution >= 4 is 39.5 Å². The minimum atomic E-state index is -1.02. The number of nitrogens with one attached hydrogen (secondary N) is 1. The molecule has 0 unspecified atom stereocenters. The van der Waals surface area contributed by atoms with Crippen LogP contribution in [0.3, 0.4) is 0 Å². The van der Waals surface area contributed by atoms with Crippen molar-refractivity contribution in [3.63, 3.8) is 0 Å². The molecule has 1 saturated carbocycles. The van der Waals surface area contributed by atoms with E-state index >= 15 is 0 Å². The lowest BCUT2D eigenvalue weighted by atomic mass is 10.1. The third-order valence-electron chi connectivity index (χ3n) is 5.04. The average molecular weight is 453 g/mol. The Bertz CT molecular complexity index is 1280. The number of carboxylic acid groups (broad SMARTS) is 1. The first kappa shape index (κ1) is 19.7. The van der Waals surface area contributed by atoms with Crippen molar-refractivity contribution in [3.05, 3.63) is 70.2 Å². The molecule has 2 aromatic heterocycles. The first-order valence-electron chi connectivity index (χ1n) is 9.69. The Morgan fingerprint density at radius 2 is 1.87 bits per heavy atom. The molecule has 2 heterocycles. The molecule has 5 rings (SSSR count). The van der Waals surface area contributed by atoms with Gasteiger partial charge < -0.3 is 15.5 Å². The molecule has 0 bridgehead atoms. The van der Waals surface area contributed by atoms with Crippen LogP contribution in [0.25, 0.3) is 21.7 Å². The molecule has 0 aliphatic heterocycles. The SMILES string of the molecule is O=C(O)c1sc(-c2ccccc2)cc1Nc1nc(-c2ccc(O)cc2F)c(C2CC2)s1. The molecule has 3 N–H and O–H groups in total. The second kappa shape index (κ2) is 7.79. The van der Waals surface area contributed by atoms with Crippen LogP contribution in [0.5, 0.6) is 5.75 Å². The fraction of sp³-hybridized carbons (Fsp3) is 0.130. The summed E-state index contributed by atoms with van der Waals surface area (Å²) in [4.78, 5) is 18.4. The van der Waals surface area contributed by atoms with Crippen LogP contribution < -0.4 is 5.32 Å². The standard InChI is InChI=1S/C23H17FN2O3S2/c24-16-10-14(27)8-9-15(16)19-20(13-6-7-13)31-23(26-19)25-17-11-18(30-21(17)22(28)29)12-4-2-1-3-5-12/h1-5,8-11,13,27H,6-7H2,(H,25,26)(H,28,29). The van der Waals surface area contributed by atoms with Gasteiger partial charge >= 0.3 is 5.97 Å². The Hall–Kier alpha value is -3.23. The van der Waals surface area contributed by atoms with Crippen LogP contribution in [-0.2, 0) is 0 Å². The molecule has 5 nitrogen and oxygen atoms in total. The van der Waals surface area contributed by atoms with Crippen LogP contribution in [-0.4, -0.2) is 21.2 Å². The maximum Gasteiger partial charge on any atom is 0.348 e. The van der Waals surface area contributed by atoms with Gasteiger partial charge in [-0.1, -0.05) is 30.3 Å². The van der Waals surface area contributed by atoms with Gasteiger partial charge in [0.15, 0.2) is 5.13 Å². The Morgan fingerprint density at radius 3 is 2.55 bits per heavy atom. The van der Waals surface area contributed by atoms with Crippen molar-refractivity contribution in [2.75, 3.05) is 5.32 Å². The number of nitrogens with zero attached hydrogens (tertiary/aromatic N) is 1. The second-order valence-electron chi connectivity index (χ2n) is 7.32. The van der Waals surface area contributed by atoms with Crippen molar-refractivity contribution in [2.45, 2.75) is 18.8 Å². The normalized spacial score (nSPS) is 13.3. The van der Waals surface area contributed by atoms with Crippen molar-refractivity contribution < 1.29 is 19.4 Å². The van der Waals surface area contributed by atoms with Crippen molar-refractivity contribution in [3.8, 4) is 27.4 Å². The summed E-state index contributed by atoms with van der Waals surface area (Å²) in [5, 5.41) is 22.9. The molecule has 0 radical (unpaired) electrons. The number of aromatic carboxylic acids is 1. The Labute approximate surface area is 185 Å². The lowest BCUT2D eigenvalue weighted by molar-refractivity contribution is 0.0703. The number of thiazole rings is 1. The molecular formula is C23H17FN2O3S2. The van der Waals surface area contributed by atoms with Crippen molar-refractivity contribution in [1.82, 2.24) is 4.98 Å². The summed E-state index contributed by atoms with van der Waals surface area (Å²) in [7, 11) is 0. The monoisotopic (exact) mass is 452 g/mol. The first-order chi connectivity index (χ1) is 15.0. The van der Waals surface area contributed by atoms with Crippen molar-refractivity contribution in [1.29, 1.82) is 0 Å². The Balaban J connectivity index is 1.53. The lowest BCUT2D eigenvalue weighted by Crippen LogP contribution is -1.98. The summed E-state index contributed by atoms with van der Waals surface area (Å²) in [5.74, 6) is -1.36. The highest BCUT2D eigenvalue weighted by Crippen LogP contribution is 2.49. The largest absolute Gasteiger partial charge is 0.508 e. The van der Waals surface area contributed by atoms with Gasteiger partial charge in [-0.3, -0.25) is 0 Å². The van der Waals surface area contributed by atoms with E-state index < -0.39 is 11.8 Å². The number of benzene rings is 2. The van der Waals surface area contributed by atoms with Crippen molar-refractivity contribution in [2.24, 2.45) is 0 Å². The van der Waals surface area contributed by atoms with E-state index in [1.165, 1.54) is 34.8 Å². The minimum absolute atomic E-state index is 0.138. The highest BCUT2D eigenvalue weighted by Gasteiger charge is 2.31. The zero-order valence-corrected chi connectivity index (χ0v) is 17.8. The zero-order valence-electron chi connectivity index (χ0n) is 16.1. The molecule has 1 fully saturated rings. The number of aromatic nitrogens is 1. The number of phenolic OH excluding ortho intramolecular Hbond substituents is 1. The number of hydrogen-bond donors (Lipinski definition) is 3. The quantitative estimate of drug-likeness (QED) is 0.303. The highest BCUT2D eigenvalue weighted by molar-refractivity contribution is 7.18.